The quantitative estimate of drug-likeness (QED) is 0.287. The van der Waals surface area contributed by atoms with Gasteiger partial charge < -0.3 is 10.6 Å². The van der Waals surface area contributed by atoms with Crippen LogP contribution in [-0.2, 0) is 6.54 Å². The number of nitrogens with one attached hydrogen (secondary N) is 2. The molecule has 7 heteroatoms. The molecule has 0 aliphatic heterocycles. The fraction of sp³-hybridized carbons (Fsp3) is 0.263. The summed E-state index contributed by atoms with van der Waals surface area (Å²) in [5, 5.41) is 12.0. The summed E-state index contributed by atoms with van der Waals surface area (Å²) in [6.45, 7) is 3.75. The van der Waals surface area contributed by atoms with E-state index in [1.165, 1.54) is 4.88 Å². The monoisotopic (exact) mass is 498 g/mol. The Morgan fingerprint density at radius 1 is 1.12 bits per heavy atom. The van der Waals surface area contributed by atoms with Crippen LogP contribution < -0.4 is 10.6 Å². The zero-order valence-electron chi connectivity index (χ0n) is 14.8. The second-order valence-electron chi connectivity index (χ2n) is 5.72. The molecule has 1 unspecified atom stereocenters. The van der Waals surface area contributed by atoms with Gasteiger partial charge in [0, 0.05) is 35.3 Å². The van der Waals surface area contributed by atoms with Gasteiger partial charge in [-0.2, -0.15) is 0 Å². The van der Waals surface area contributed by atoms with Crippen molar-refractivity contribution in [3.05, 3.63) is 63.1 Å². The minimum absolute atomic E-state index is 0. The molecule has 2 heterocycles. The van der Waals surface area contributed by atoms with Crippen LogP contribution in [0.3, 0.4) is 0 Å². The predicted molar refractivity (Wildman–Crippen MR) is 124 cm³/mol. The highest BCUT2D eigenvalue weighted by Gasteiger charge is 2.08. The van der Waals surface area contributed by atoms with Gasteiger partial charge in [0.1, 0.15) is 5.01 Å². The van der Waals surface area contributed by atoms with Crippen LogP contribution in [0.15, 0.2) is 58.2 Å². The standard InChI is InChI=1S/C19H22N4S2.HI/c1-14(17-9-6-10-24-17)11-21-19(20-2)22-12-18-23-16(13-25-18)15-7-4-3-5-8-15;/h3-10,13-14H,11-12H2,1-2H3,(H2,20,21,22);1H. The van der Waals surface area contributed by atoms with Crippen molar-refractivity contribution in [1.82, 2.24) is 15.6 Å². The summed E-state index contributed by atoms with van der Waals surface area (Å²) in [5.74, 6) is 1.27. The highest BCUT2D eigenvalue weighted by atomic mass is 127. The second-order valence-corrected chi connectivity index (χ2v) is 7.64. The first-order valence-corrected chi connectivity index (χ1v) is 10.00. The number of guanidine groups is 1. The zero-order valence-corrected chi connectivity index (χ0v) is 18.8. The summed E-state index contributed by atoms with van der Waals surface area (Å²) in [6, 6.07) is 14.5. The molecule has 0 spiro atoms. The molecule has 138 valence electrons. The zero-order chi connectivity index (χ0) is 17.5. The summed E-state index contributed by atoms with van der Waals surface area (Å²) in [7, 11) is 1.79. The van der Waals surface area contributed by atoms with E-state index in [-0.39, 0.29) is 24.0 Å². The molecule has 0 fully saturated rings. The molecule has 2 N–H and O–H groups in total. The third kappa shape index (κ3) is 5.78. The summed E-state index contributed by atoms with van der Waals surface area (Å²) in [4.78, 5) is 10.4. The molecule has 0 saturated carbocycles. The smallest absolute Gasteiger partial charge is 0.191 e. The van der Waals surface area contributed by atoms with Gasteiger partial charge in [-0.05, 0) is 11.4 Å². The Hall–Kier alpha value is -1.45. The molecule has 26 heavy (non-hydrogen) atoms. The number of rotatable bonds is 6. The summed E-state index contributed by atoms with van der Waals surface area (Å²) in [5.41, 5.74) is 2.17. The van der Waals surface area contributed by atoms with Crippen LogP contribution in [-0.4, -0.2) is 24.5 Å². The fourth-order valence-corrected chi connectivity index (χ4v) is 3.97. The lowest BCUT2D eigenvalue weighted by molar-refractivity contribution is 0.708. The van der Waals surface area contributed by atoms with E-state index < -0.39 is 0 Å². The third-order valence-electron chi connectivity index (χ3n) is 3.86. The highest BCUT2D eigenvalue weighted by molar-refractivity contribution is 14.0. The van der Waals surface area contributed by atoms with E-state index in [1.54, 1.807) is 29.7 Å². The number of hydrogen-bond acceptors (Lipinski definition) is 4. The minimum atomic E-state index is 0. The molecule has 0 bridgehead atoms. The highest BCUT2D eigenvalue weighted by Crippen LogP contribution is 2.21. The van der Waals surface area contributed by atoms with Crippen molar-refractivity contribution in [3.63, 3.8) is 0 Å². The van der Waals surface area contributed by atoms with Crippen molar-refractivity contribution in [1.29, 1.82) is 0 Å². The number of aromatic nitrogens is 1. The Labute approximate surface area is 179 Å². The van der Waals surface area contributed by atoms with Crippen molar-refractivity contribution in [3.8, 4) is 11.3 Å². The molecule has 4 nitrogen and oxygen atoms in total. The maximum Gasteiger partial charge on any atom is 0.191 e. The number of thiazole rings is 1. The maximum absolute atomic E-state index is 4.70. The Morgan fingerprint density at radius 2 is 1.92 bits per heavy atom. The Bertz CT molecular complexity index is 800. The first-order valence-electron chi connectivity index (χ1n) is 8.24. The Morgan fingerprint density at radius 3 is 2.62 bits per heavy atom. The molecule has 3 rings (SSSR count). The van der Waals surface area contributed by atoms with E-state index in [0.717, 1.165) is 28.8 Å². The first kappa shape index (κ1) is 20.9. The molecule has 0 amide bonds. The van der Waals surface area contributed by atoms with E-state index in [2.05, 4.69) is 57.6 Å². The van der Waals surface area contributed by atoms with Crippen molar-refractivity contribution in [2.75, 3.05) is 13.6 Å². The Kier molecular flexibility index (Phi) is 8.53. The number of aliphatic imine (C=N–C) groups is 1. The average Bonchev–Trinajstić information content (AvgIpc) is 3.34. The van der Waals surface area contributed by atoms with Gasteiger partial charge in [-0.25, -0.2) is 4.98 Å². The minimum Gasteiger partial charge on any atom is -0.356 e. The van der Waals surface area contributed by atoms with E-state index in [4.69, 9.17) is 4.98 Å². The van der Waals surface area contributed by atoms with E-state index in [1.807, 2.05) is 18.2 Å². The van der Waals surface area contributed by atoms with Gasteiger partial charge in [0.15, 0.2) is 5.96 Å². The van der Waals surface area contributed by atoms with Gasteiger partial charge in [0.25, 0.3) is 0 Å². The normalized spacial score (nSPS) is 12.3. The number of benzene rings is 1. The first-order chi connectivity index (χ1) is 12.3. The molecule has 1 aromatic carbocycles. The van der Waals surface area contributed by atoms with Gasteiger partial charge in [0.2, 0.25) is 0 Å². The number of nitrogens with zero attached hydrogens (tertiary/aromatic N) is 2. The van der Waals surface area contributed by atoms with Crippen LogP contribution in [0.4, 0.5) is 0 Å². The van der Waals surface area contributed by atoms with Gasteiger partial charge in [0.05, 0.1) is 12.2 Å². The van der Waals surface area contributed by atoms with Crippen LogP contribution in [0.1, 0.15) is 22.7 Å². The van der Waals surface area contributed by atoms with Crippen LogP contribution in [0.5, 0.6) is 0 Å². The van der Waals surface area contributed by atoms with Crippen LogP contribution in [0, 0.1) is 0 Å². The molecule has 3 aromatic rings. The second kappa shape index (κ2) is 10.6. The number of hydrogen-bond donors (Lipinski definition) is 2. The van der Waals surface area contributed by atoms with Crippen LogP contribution >= 0.6 is 46.7 Å². The van der Waals surface area contributed by atoms with Crippen molar-refractivity contribution in [2.45, 2.75) is 19.4 Å². The lowest BCUT2D eigenvalue weighted by Gasteiger charge is -2.14. The van der Waals surface area contributed by atoms with Crippen LogP contribution in [0.2, 0.25) is 0 Å². The molecular formula is C19H23IN4S2. The van der Waals surface area contributed by atoms with Gasteiger partial charge in [-0.3, -0.25) is 4.99 Å². The maximum atomic E-state index is 4.70. The fourth-order valence-electron chi connectivity index (χ4n) is 2.44. The summed E-state index contributed by atoms with van der Waals surface area (Å²) < 4.78 is 0. The number of thiophene rings is 1. The average molecular weight is 498 g/mol. The van der Waals surface area contributed by atoms with Crippen LogP contribution in [0.25, 0.3) is 11.3 Å². The van der Waals surface area contributed by atoms with Crippen molar-refractivity contribution >= 4 is 52.6 Å². The lowest BCUT2D eigenvalue weighted by Crippen LogP contribution is -2.38. The Balaban J connectivity index is 0.00000243. The molecule has 0 aliphatic rings. The van der Waals surface area contributed by atoms with E-state index in [0.29, 0.717) is 12.5 Å². The van der Waals surface area contributed by atoms with Gasteiger partial charge >= 0.3 is 0 Å². The molecule has 0 radical (unpaired) electrons. The molecule has 0 saturated heterocycles. The summed E-state index contributed by atoms with van der Waals surface area (Å²) >= 11 is 3.46. The van der Waals surface area contributed by atoms with Gasteiger partial charge in [-0.15, -0.1) is 46.7 Å². The largest absolute Gasteiger partial charge is 0.356 e. The van der Waals surface area contributed by atoms with Crippen molar-refractivity contribution in [2.24, 2.45) is 4.99 Å². The predicted octanol–water partition coefficient (Wildman–Crippen LogP) is 4.96. The van der Waals surface area contributed by atoms with E-state index >= 15 is 0 Å². The van der Waals surface area contributed by atoms with Crippen molar-refractivity contribution < 1.29 is 0 Å². The molecule has 0 aliphatic carbocycles. The third-order valence-corrected chi connectivity index (χ3v) is 5.81. The van der Waals surface area contributed by atoms with Gasteiger partial charge in [-0.1, -0.05) is 43.3 Å². The number of halogens is 1. The SMILES string of the molecule is CN=C(NCc1nc(-c2ccccc2)cs1)NCC(C)c1cccs1.I. The molecular weight excluding hydrogens is 475 g/mol. The summed E-state index contributed by atoms with van der Waals surface area (Å²) in [6.07, 6.45) is 0. The molecule has 2 aromatic heterocycles. The molecule has 1 atom stereocenters. The van der Waals surface area contributed by atoms with E-state index in [9.17, 15) is 0 Å². The lowest BCUT2D eigenvalue weighted by atomic mass is 10.1. The topological polar surface area (TPSA) is 49.3 Å².